The average molecular weight is 298 g/mol. The van der Waals surface area contributed by atoms with Crippen molar-refractivity contribution < 1.29 is 9.53 Å². The fourth-order valence-corrected chi connectivity index (χ4v) is 2.36. The lowest BCUT2D eigenvalue weighted by Gasteiger charge is -2.08. The Morgan fingerprint density at radius 2 is 2.45 bits per heavy atom. The molecule has 0 aliphatic carbocycles. The van der Waals surface area contributed by atoms with Gasteiger partial charge in [0.05, 0.1) is 24.5 Å². The van der Waals surface area contributed by atoms with Gasteiger partial charge in [0.1, 0.15) is 0 Å². The van der Waals surface area contributed by atoms with Crippen LogP contribution in [0.3, 0.4) is 0 Å². The maximum Gasteiger partial charge on any atom is 0.248 e. The van der Waals surface area contributed by atoms with E-state index in [-0.39, 0.29) is 12.0 Å². The molecule has 6 heteroatoms. The maximum absolute atomic E-state index is 11.9. The Kier molecular flexibility index (Phi) is 4.60. The lowest BCUT2D eigenvalue weighted by Crippen LogP contribution is -2.15. The van der Waals surface area contributed by atoms with Crippen molar-refractivity contribution in [2.75, 3.05) is 11.9 Å². The van der Waals surface area contributed by atoms with Gasteiger partial charge < -0.3 is 10.1 Å². The molecule has 3 heterocycles. The summed E-state index contributed by atoms with van der Waals surface area (Å²) in [6, 6.07) is 3.71. The van der Waals surface area contributed by atoms with E-state index in [1.165, 1.54) is 6.08 Å². The molecule has 0 radical (unpaired) electrons. The topological polar surface area (TPSA) is 69.0 Å². The van der Waals surface area contributed by atoms with Crippen LogP contribution in [0.5, 0.6) is 0 Å². The van der Waals surface area contributed by atoms with Crippen molar-refractivity contribution in [3.05, 3.63) is 48.6 Å². The van der Waals surface area contributed by atoms with Crippen molar-refractivity contribution in [2.24, 2.45) is 0 Å². The van der Waals surface area contributed by atoms with Gasteiger partial charge in [0, 0.05) is 31.3 Å². The lowest BCUT2D eigenvalue weighted by molar-refractivity contribution is -0.111. The van der Waals surface area contributed by atoms with Gasteiger partial charge in [-0.1, -0.05) is 6.07 Å². The molecule has 1 aliphatic heterocycles. The van der Waals surface area contributed by atoms with Gasteiger partial charge in [0.2, 0.25) is 5.91 Å². The van der Waals surface area contributed by atoms with Crippen LogP contribution in [0.25, 0.3) is 6.08 Å². The first kappa shape index (κ1) is 14.5. The van der Waals surface area contributed by atoms with Crippen LogP contribution < -0.4 is 5.32 Å². The van der Waals surface area contributed by atoms with E-state index in [1.807, 2.05) is 18.3 Å². The summed E-state index contributed by atoms with van der Waals surface area (Å²) in [6.45, 7) is 1.55. The quantitative estimate of drug-likeness (QED) is 0.858. The smallest absolute Gasteiger partial charge is 0.248 e. The Labute approximate surface area is 128 Å². The first-order valence-corrected chi connectivity index (χ1v) is 7.33. The van der Waals surface area contributed by atoms with Crippen LogP contribution in [0.1, 0.15) is 18.4 Å². The minimum atomic E-state index is -0.194. The van der Waals surface area contributed by atoms with E-state index in [2.05, 4.69) is 15.4 Å². The van der Waals surface area contributed by atoms with E-state index >= 15 is 0 Å². The predicted molar refractivity (Wildman–Crippen MR) is 83.1 cm³/mol. The minimum absolute atomic E-state index is 0.194. The number of nitrogens with zero attached hydrogens (tertiary/aromatic N) is 3. The number of carbonyl (C=O) groups is 1. The summed E-state index contributed by atoms with van der Waals surface area (Å²) in [5, 5.41) is 7.03. The molecule has 0 aromatic carbocycles. The van der Waals surface area contributed by atoms with Crippen LogP contribution in [-0.4, -0.2) is 33.4 Å². The van der Waals surface area contributed by atoms with Crippen LogP contribution in [0.4, 0.5) is 5.69 Å². The molecule has 1 saturated heterocycles. The second-order valence-electron chi connectivity index (χ2n) is 5.20. The highest BCUT2D eigenvalue weighted by molar-refractivity contribution is 6.01. The molecule has 0 spiro atoms. The SMILES string of the molecule is O=C(/C=C\c1cccnc1)Nc1cnn(C[C@@H]2CCCO2)c1. The molecule has 0 bridgehead atoms. The number of aromatic nitrogens is 3. The highest BCUT2D eigenvalue weighted by Crippen LogP contribution is 2.15. The fourth-order valence-electron chi connectivity index (χ4n) is 2.36. The Hall–Kier alpha value is -2.47. The van der Waals surface area contributed by atoms with Crippen molar-refractivity contribution in [1.82, 2.24) is 14.8 Å². The summed E-state index contributed by atoms with van der Waals surface area (Å²) < 4.78 is 7.37. The Morgan fingerprint density at radius 1 is 1.50 bits per heavy atom. The number of hydrogen-bond donors (Lipinski definition) is 1. The number of pyridine rings is 1. The zero-order valence-electron chi connectivity index (χ0n) is 12.2. The zero-order chi connectivity index (χ0) is 15.2. The molecule has 6 nitrogen and oxygen atoms in total. The minimum Gasteiger partial charge on any atom is -0.376 e. The molecule has 114 valence electrons. The molecule has 2 aromatic rings. The number of anilines is 1. The van der Waals surface area contributed by atoms with E-state index in [0.29, 0.717) is 5.69 Å². The number of nitrogens with one attached hydrogen (secondary N) is 1. The number of rotatable bonds is 5. The summed E-state index contributed by atoms with van der Waals surface area (Å²) >= 11 is 0. The summed E-state index contributed by atoms with van der Waals surface area (Å²) in [5.41, 5.74) is 1.56. The molecule has 1 amide bonds. The normalized spacial score (nSPS) is 17.9. The summed E-state index contributed by atoms with van der Waals surface area (Å²) in [6.07, 6.45) is 12.5. The fraction of sp³-hybridized carbons (Fsp3) is 0.312. The maximum atomic E-state index is 11.9. The van der Waals surface area contributed by atoms with Crippen molar-refractivity contribution in [3.8, 4) is 0 Å². The van der Waals surface area contributed by atoms with E-state index in [1.54, 1.807) is 29.3 Å². The van der Waals surface area contributed by atoms with Gasteiger partial charge in [-0.3, -0.25) is 14.5 Å². The predicted octanol–water partition coefficient (Wildman–Crippen LogP) is 2.11. The Bertz CT molecular complexity index is 645. The van der Waals surface area contributed by atoms with Crippen molar-refractivity contribution >= 4 is 17.7 Å². The highest BCUT2D eigenvalue weighted by Gasteiger charge is 2.16. The van der Waals surface area contributed by atoms with Gasteiger partial charge in [-0.15, -0.1) is 0 Å². The van der Waals surface area contributed by atoms with Crippen LogP contribution in [-0.2, 0) is 16.1 Å². The van der Waals surface area contributed by atoms with Gasteiger partial charge in [-0.05, 0) is 30.5 Å². The molecule has 22 heavy (non-hydrogen) atoms. The molecule has 1 atom stereocenters. The highest BCUT2D eigenvalue weighted by atomic mass is 16.5. The number of ether oxygens (including phenoxy) is 1. The third-order valence-electron chi connectivity index (χ3n) is 3.43. The second kappa shape index (κ2) is 7.00. The zero-order valence-corrected chi connectivity index (χ0v) is 12.2. The van der Waals surface area contributed by atoms with Crippen LogP contribution in [0.2, 0.25) is 0 Å². The van der Waals surface area contributed by atoms with Crippen molar-refractivity contribution in [1.29, 1.82) is 0 Å². The Balaban J connectivity index is 1.53. The number of carbonyl (C=O) groups excluding carboxylic acids is 1. The first-order chi connectivity index (χ1) is 10.8. The molecule has 1 fully saturated rings. The second-order valence-corrected chi connectivity index (χ2v) is 5.20. The average Bonchev–Trinajstić information content (AvgIpc) is 3.19. The van der Waals surface area contributed by atoms with Crippen LogP contribution in [0, 0.1) is 0 Å². The van der Waals surface area contributed by atoms with Crippen LogP contribution >= 0.6 is 0 Å². The van der Waals surface area contributed by atoms with E-state index in [9.17, 15) is 4.79 Å². The third kappa shape index (κ3) is 4.02. The van der Waals surface area contributed by atoms with Gasteiger partial charge >= 0.3 is 0 Å². The first-order valence-electron chi connectivity index (χ1n) is 7.33. The monoisotopic (exact) mass is 298 g/mol. The van der Waals surface area contributed by atoms with Gasteiger partial charge in [0.15, 0.2) is 0 Å². The summed E-state index contributed by atoms with van der Waals surface area (Å²) in [5.74, 6) is -0.194. The lowest BCUT2D eigenvalue weighted by atomic mass is 10.2. The molecule has 3 rings (SSSR count). The van der Waals surface area contributed by atoms with E-state index in [0.717, 1.165) is 31.6 Å². The summed E-state index contributed by atoms with van der Waals surface area (Å²) in [4.78, 5) is 15.9. The molecule has 1 aliphatic rings. The van der Waals surface area contributed by atoms with Gasteiger partial charge in [-0.2, -0.15) is 5.10 Å². The largest absolute Gasteiger partial charge is 0.376 e. The standard InChI is InChI=1S/C16H18N4O2/c21-16(6-5-13-3-1-7-17-9-13)19-14-10-18-20(11-14)12-15-4-2-8-22-15/h1,3,5-7,9-11,15H,2,4,8,12H2,(H,19,21)/b6-5-/t15-/m0/s1. The van der Waals surface area contributed by atoms with Crippen molar-refractivity contribution in [2.45, 2.75) is 25.5 Å². The summed E-state index contributed by atoms with van der Waals surface area (Å²) in [7, 11) is 0. The van der Waals surface area contributed by atoms with Gasteiger partial charge in [0.25, 0.3) is 0 Å². The van der Waals surface area contributed by atoms with E-state index < -0.39 is 0 Å². The number of amides is 1. The third-order valence-corrected chi connectivity index (χ3v) is 3.43. The van der Waals surface area contributed by atoms with Gasteiger partial charge in [-0.25, -0.2) is 0 Å². The number of hydrogen-bond acceptors (Lipinski definition) is 4. The molecular weight excluding hydrogens is 280 g/mol. The van der Waals surface area contributed by atoms with E-state index in [4.69, 9.17) is 4.74 Å². The molecule has 2 aromatic heterocycles. The molecule has 0 saturated carbocycles. The molecule has 0 unspecified atom stereocenters. The van der Waals surface area contributed by atoms with Crippen molar-refractivity contribution in [3.63, 3.8) is 0 Å². The molecule has 1 N–H and O–H groups in total. The molecular formula is C16H18N4O2. The van der Waals surface area contributed by atoms with Crippen LogP contribution in [0.15, 0.2) is 43.0 Å². The Morgan fingerprint density at radius 3 is 3.23 bits per heavy atom.